The lowest BCUT2D eigenvalue weighted by atomic mass is 9.94. The fraction of sp³-hybridized carbons (Fsp3) is 0.0909. The summed E-state index contributed by atoms with van der Waals surface area (Å²) in [7, 11) is 0. The summed E-state index contributed by atoms with van der Waals surface area (Å²) in [6, 6.07) is 0. The Bertz CT molecular complexity index is 262. The lowest BCUT2D eigenvalue weighted by Gasteiger charge is -2.11. The zero-order valence-electron chi connectivity index (χ0n) is 6.64. The maximum Gasteiger partial charge on any atom is -0.00938 e. The molecule has 0 radical (unpaired) electrons. The average molecular weight is 144 g/mol. The number of rotatable bonds is 2. The highest BCUT2D eigenvalue weighted by Gasteiger charge is 2.05. The summed E-state index contributed by atoms with van der Waals surface area (Å²) in [4.78, 5) is 0. The predicted octanol–water partition coefficient (Wildman–Crippen LogP) is 3.17. The van der Waals surface area contributed by atoms with Crippen molar-refractivity contribution in [2.45, 2.75) is 6.42 Å². The Hall–Kier alpha value is -1.30. The van der Waals surface area contributed by atoms with E-state index in [2.05, 4.69) is 31.9 Å². The van der Waals surface area contributed by atoms with E-state index in [1.165, 1.54) is 0 Å². The van der Waals surface area contributed by atoms with Gasteiger partial charge in [0.15, 0.2) is 0 Å². The first kappa shape index (κ1) is 7.80. The predicted molar refractivity (Wildman–Crippen MR) is 50.3 cm³/mol. The molecule has 0 bridgehead atoms. The van der Waals surface area contributed by atoms with Crippen LogP contribution in [0.25, 0.3) is 0 Å². The Morgan fingerprint density at radius 2 is 2.00 bits per heavy atom. The molecule has 0 heteroatoms. The van der Waals surface area contributed by atoms with E-state index in [-0.39, 0.29) is 0 Å². The van der Waals surface area contributed by atoms with Gasteiger partial charge in [-0.25, -0.2) is 0 Å². The van der Waals surface area contributed by atoms with Gasteiger partial charge in [0.2, 0.25) is 0 Å². The standard InChI is InChI=1S/C11H12/c1-4-10-8-6-7-9(3)11(10)5-2/h4-6,8H,1-3,7H2. The van der Waals surface area contributed by atoms with Gasteiger partial charge in [0.05, 0.1) is 0 Å². The molecule has 0 spiro atoms. The van der Waals surface area contributed by atoms with Crippen molar-refractivity contribution in [3.05, 3.63) is 60.8 Å². The number of hydrogen-bond acceptors (Lipinski definition) is 0. The van der Waals surface area contributed by atoms with Crippen molar-refractivity contribution >= 4 is 0 Å². The molecule has 0 aromatic carbocycles. The maximum atomic E-state index is 3.94. The van der Waals surface area contributed by atoms with Crippen molar-refractivity contribution in [3.8, 4) is 0 Å². The normalized spacial score (nSPS) is 16.9. The lowest BCUT2D eigenvalue weighted by Crippen LogP contribution is -1.92. The Labute approximate surface area is 67.9 Å². The molecule has 56 valence electrons. The molecule has 0 saturated heterocycles. The van der Waals surface area contributed by atoms with Crippen LogP contribution in [-0.4, -0.2) is 0 Å². The van der Waals surface area contributed by atoms with Crippen LogP contribution in [0, 0.1) is 0 Å². The van der Waals surface area contributed by atoms with Crippen molar-refractivity contribution in [3.63, 3.8) is 0 Å². The monoisotopic (exact) mass is 144 g/mol. The second-order valence-corrected chi connectivity index (χ2v) is 2.49. The van der Waals surface area contributed by atoms with E-state index in [4.69, 9.17) is 0 Å². The molecule has 0 N–H and O–H groups in total. The molecule has 11 heavy (non-hydrogen) atoms. The van der Waals surface area contributed by atoms with E-state index >= 15 is 0 Å². The molecular weight excluding hydrogens is 132 g/mol. The van der Waals surface area contributed by atoms with E-state index in [0.29, 0.717) is 0 Å². The first-order valence-corrected chi connectivity index (χ1v) is 3.63. The van der Waals surface area contributed by atoms with Crippen LogP contribution in [0.1, 0.15) is 6.42 Å². The highest BCUT2D eigenvalue weighted by atomic mass is 14.1. The van der Waals surface area contributed by atoms with Crippen LogP contribution < -0.4 is 0 Å². The molecule has 0 atom stereocenters. The third kappa shape index (κ3) is 1.40. The molecule has 0 aromatic rings. The third-order valence-electron chi connectivity index (χ3n) is 1.78. The Morgan fingerprint density at radius 3 is 2.45 bits per heavy atom. The summed E-state index contributed by atoms with van der Waals surface area (Å²) < 4.78 is 0. The van der Waals surface area contributed by atoms with Crippen molar-refractivity contribution in [1.82, 2.24) is 0 Å². The van der Waals surface area contributed by atoms with Gasteiger partial charge in [0.1, 0.15) is 0 Å². The Kier molecular flexibility index (Phi) is 2.27. The van der Waals surface area contributed by atoms with Crippen molar-refractivity contribution in [1.29, 1.82) is 0 Å². The molecule has 0 aliphatic heterocycles. The number of hydrogen-bond donors (Lipinski definition) is 0. The van der Waals surface area contributed by atoms with Gasteiger partial charge in [-0.2, -0.15) is 0 Å². The molecule has 0 saturated carbocycles. The summed E-state index contributed by atoms with van der Waals surface area (Å²) in [5.74, 6) is 0. The average Bonchev–Trinajstić information content (AvgIpc) is 2.04. The van der Waals surface area contributed by atoms with Crippen molar-refractivity contribution in [2.24, 2.45) is 0 Å². The minimum absolute atomic E-state index is 0.929. The Morgan fingerprint density at radius 1 is 1.27 bits per heavy atom. The van der Waals surface area contributed by atoms with Crippen molar-refractivity contribution < 1.29 is 0 Å². The van der Waals surface area contributed by atoms with Crippen LogP contribution >= 0.6 is 0 Å². The molecule has 0 aromatic heterocycles. The van der Waals surface area contributed by atoms with Gasteiger partial charge in [0.25, 0.3) is 0 Å². The zero-order chi connectivity index (χ0) is 8.27. The molecule has 1 aliphatic carbocycles. The van der Waals surface area contributed by atoms with E-state index in [0.717, 1.165) is 23.1 Å². The van der Waals surface area contributed by atoms with Gasteiger partial charge in [-0.1, -0.05) is 44.0 Å². The quantitative estimate of drug-likeness (QED) is 0.558. The first-order valence-electron chi connectivity index (χ1n) is 3.63. The van der Waals surface area contributed by atoms with Gasteiger partial charge in [0, 0.05) is 0 Å². The van der Waals surface area contributed by atoms with Crippen molar-refractivity contribution in [2.75, 3.05) is 0 Å². The summed E-state index contributed by atoms with van der Waals surface area (Å²) in [5.41, 5.74) is 3.37. The zero-order valence-corrected chi connectivity index (χ0v) is 6.64. The van der Waals surface area contributed by atoms with Crippen LogP contribution in [0.5, 0.6) is 0 Å². The Balaban J connectivity index is 3.14. The van der Waals surface area contributed by atoms with Crippen LogP contribution in [0.4, 0.5) is 0 Å². The number of allylic oxidation sites excluding steroid dienone is 7. The molecule has 0 amide bonds. The van der Waals surface area contributed by atoms with E-state index in [1.807, 2.05) is 12.2 Å². The fourth-order valence-corrected chi connectivity index (χ4v) is 1.17. The highest BCUT2D eigenvalue weighted by Crippen LogP contribution is 2.24. The van der Waals surface area contributed by atoms with Gasteiger partial charge in [-0.05, 0) is 23.1 Å². The molecule has 1 rings (SSSR count). The SMILES string of the molecule is C=CC1=C(C=C)C(=C)CC=C1. The van der Waals surface area contributed by atoms with Crippen LogP contribution in [0.15, 0.2) is 60.8 Å². The van der Waals surface area contributed by atoms with Gasteiger partial charge < -0.3 is 0 Å². The molecule has 0 heterocycles. The molecule has 1 aliphatic rings. The van der Waals surface area contributed by atoms with Crippen LogP contribution in [-0.2, 0) is 0 Å². The van der Waals surface area contributed by atoms with E-state index in [1.54, 1.807) is 0 Å². The summed E-state index contributed by atoms with van der Waals surface area (Å²) in [5, 5.41) is 0. The molecule has 0 fully saturated rings. The minimum Gasteiger partial charge on any atom is -0.0984 e. The smallest absolute Gasteiger partial charge is 0.00938 e. The highest BCUT2D eigenvalue weighted by molar-refractivity contribution is 5.53. The molecule has 0 nitrogen and oxygen atoms in total. The van der Waals surface area contributed by atoms with Gasteiger partial charge in [-0.15, -0.1) is 0 Å². The second kappa shape index (κ2) is 3.20. The minimum atomic E-state index is 0.929. The van der Waals surface area contributed by atoms with Gasteiger partial charge in [-0.3, -0.25) is 0 Å². The van der Waals surface area contributed by atoms with E-state index in [9.17, 15) is 0 Å². The fourth-order valence-electron chi connectivity index (χ4n) is 1.17. The summed E-state index contributed by atoms with van der Waals surface area (Å²) in [6.45, 7) is 11.4. The molecule has 0 unspecified atom stereocenters. The van der Waals surface area contributed by atoms with Crippen LogP contribution in [0.2, 0.25) is 0 Å². The first-order chi connectivity index (χ1) is 5.29. The van der Waals surface area contributed by atoms with Gasteiger partial charge >= 0.3 is 0 Å². The second-order valence-electron chi connectivity index (χ2n) is 2.49. The third-order valence-corrected chi connectivity index (χ3v) is 1.78. The topological polar surface area (TPSA) is 0 Å². The largest absolute Gasteiger partial charge is 0.0984 e. The molecular formula is C11H12. The van der Waals surface area contributed by atoms with Crippen LogP contribution in [0.3, 0.4) is 0 Å². The lowest BCUT2D eigenvalue weighted by molar-refractivity contribution is 1.21. The summed E-state index contributed by atoms with van der Waals surface area (Å²) >= 11 is 0. The van der Waals surface area contributed by atoms with E-state index < -0.39 is 0 Å². The summed E-state index contributed by atoms with van der Waals surface area (Å²) in [6.07, 6.45) is 8.74. The maximum absolute atomic E-state index is 3.94.